The molecule has 0 spiro atoms. The molecule has 1 aliphatic heterocycles. The van der Waals surface area contributed by atoms with Gasteiger partial charge >= 0.3 is 5.97 Å². The second-order valence-corrected chi connectivity index (χ2v) is 5.08. The number of amidine groups is 1. The lowest BCUT2D eigenvalue weighted by Crippen LogP contribution is -2.35. The lowest BCUT2D eigenvalue weighted by Gasteiger charge is -2.12. The zero-order valence-corrected chi connectivity index (χ0v) is 12.0. The van der Waals surface area contributed by atoms with Gasteiger partial charge in [0.05, 0.1) is 0 Å². The Bertz CT molecular complexity index is 837. The van der Waals surface area contributed by atoms with Crippen LogP contribution >= 0.6 is 0 Å². The molecule has 0 radical (unpaired) electrons. The fraction of sp³-hybridized carbons (Fsp3) is 0.118. The van der Waals surface area contributed by atoms with Gasteiger partial charge in [0.2, 0.25) is 0 Å². The number of fused-ring (bicyclic) bond motifs is 1. The molecule has 0 aromatic heterocycles. The van der Waals surface area contributed by atoms with Gasteiger partial charge in [-0.25, -0.2) is 4.99 Å². The fourth-order valence-corrected chi connectivity index (χ4v) is 2.44. The van der Waals surface area contributed by atoms with E-state index in [4.69, 9.17) is 5.11 Å². The van der Waals surface area contributed by atoms with Crippen LogP contribution in [0, 0.1) is 0 Å². The molecule has 2 aromatic rings. The average molecular weight is 294 g/mol. The molecule has 0 bridgehead atoms. The molecule has 1 amide bonds. The summed E-state index contributed by atoms with van der Waals surface area (Å²) in [6, 6.07) is 13.8. The summed E-state index contributed by atoms with van der Waals surface area (Å²) in [5.41, 5.74) is 1.12. The molecule has 1 heterocycles. The van der Waals surface area contributed by atoms with E-state index < -0.39 is 5.97 Å². The molecule has 0 unspecified atom stereocenters. The molecule has 22 heavy (non-hydrogen) atoms. The third-order valence-corrected chi connectivity index (χ3v) is 3.51. The number of aliphatic carboxylic acids is 1. The van der Waals surface area contributed by atoms with Crippen molar-refractivity contribution in [3.05, 3.63) is 53.7 Å². The number of benzene rings is 2. The zero-order valence-electron chi connectivity index (χ0n) is 12.0. The van der Waals surface area contributed by atoms with Crippen molar-refractivity contribution in [3.8, 4) is 0 Å². The van der Waals surface area contributed by atoms with Crippen LogP contribution in [0.15, 0.2) is 53.2 Å². The number of aliphatic imine (C=N–C) groups is 1. The molecular formula is C17H14N2O3. The summed E-state index contributed by atoms with van der Waals surface area (Å²) in [6.07, 6.45) is 1.68. The molecule has 5 heteroatoms. The normalized spacial score (nSPS) is 16.4. The number of carbonyl (C=O) groups excluding carboxylic acids is 1. The summed E-state index contributed by atoms with van der Waals surface area (Å²) in [5.74, 6) is -1.04. The quantitative estimate of drug-likeness (QED) is 0.884. The fourth-order valence-electron chi connectivity index (χ4n) is 2.44. The Hall–Kier alpha value is -2.95. The Morgan fingerprint density at radius 2 is 1.95 bits per heavy atom. The van der Waals surface area contributed by atoms with Crippen molar-refractivity contribution in [1.29, 1.82) is 0 Å². The summed E-state index contributed by atoms with van der Waals surface area (Å²) in [5, 5.41) is 11.0. The minimum atomic E-state index is -1.06. The molecule has 1 N–H and O–H groups in total. The van der Waals surface area contributed by atoms with Gasteiger partial charge in [-0.3, -0.25) is 14.5 Å². The maximum Gasteiger partial charge on any atom is 0.323 e. The minimum Gasteiger partial charge on any atom is -0.480 e. The average Bonchev–Trinajstić information content (AvgIpc) is 2.74. The molecule has 0 aliphatic carbocycles. The van der Waals surface area contributed by atoms with E-state index in [-0.39, 0.29) is 18.1 Å². The lowest BCUT2D eigenvalue weighted by atomic mass is 10.1. The van der Waals surface area contributed by atoms with Crippen LogP contribution in [0.3, 0.4) is 0 Å². The summed E-state index contributed by atoms with van der Waals surface area (Å²) in [7, 11) is 0. The first-order chi connectivity index (χ1) is 10.5. The monoisotopic (exact) mass is 294 g/mol. The second-order valence-electron chi connectivity index (χ2n) is 5.08. The van der Waals surface area contributed by atoms with E-state index in [0.29, 0.717) is 5.84 Å². The Kier molecular flexibility index (Phi) is 3.47. The van der Waals surface area contributed by atoms with E-state index in [1.54, 1.807) is 13.0 Å². The number of hydrogen-bond donors (Lipinski definition) is 1. The molecule has 0 saturated carbocycles. The Labute approximate surface area is 127 Å². The van der Waals surface area contributed by atoms with Gasteiger partial charge in [0.25, 0.3) is 5.91 Å². The molecule has 0 saturated heterocycles. The molecule has 1 aliphatic rings. The Balaban J connectivity index is 1.94. The van der Waals surface area contributed by atoms with Gasteiger partial charge in [-0.1, -0.05) is 36.4 Å². The minimum absolute atomic E-state index is 0.258. The highest BCUT2D eigenvalue weighted by atomic mass is 16.4. The zero-order chi connectivity index (χ0) is 15.7. The van der Waals surface area contributed by atoms with Crippen molar-refractivity contribution in [1.82, 2.24) is 4.90 Å². The lowest BCUT2D eigenvalue weighted by molar-refractivity contribution is -0.140. The van der Waals surface area contributed by atoms with E-state index in [2.05, 4.69) is 4.99 Å². The smallest absolute Gasteiger partial charge is 0.323 e. The van der Waals surface area contributed by atoms with Crippen LogP contribution in [-0.4, -0.2) is 34.3 Å². The van der Waals surface area contributed by atoms with Crippen LogP contribution in [0.25, 0.3) is 16.8 Å². The third-order valence-electron chi connectivity index (χ3n) is 3.51. The van der Waals surface area contributed by atoms with Crippen LogP contribution in [0.4, 0.5) is 0 Å². The standard InChI is InChI=1S/C17H14N2O3/c1-11-18-15(17(22)19(11)10-16(20)21)9-12-6-7-13-4-2-3-5-14(13)8-12/h2-9H,10H2,1H3,(H,20,21)/b15-9-. The molecule has 0 atom stereocenters. The molecular weight excluding hydrogens is 280 g/mol. The van der Waals surface area contributed by atoms with Crippen molar-refractivity contribution < 1.29 is 14.7 Å². The van der Waals surface area contributed by atoms with E-state index in [1.165, 1.54) is 0 Å². The SMILES string of the molecule is CC1=N/C(=C\c2ccc3ccccc3c2)C(=O)N1CC(=O)O. The second kappa shape index (κ2) is 5.44. The van der Waals surface area contributed by atoms with Gasteiger partial charge in [0, 0.05) is 0 Å². The van der Waals surface area contributed by atoms with E-state index >= 15 is 0 Å². The number of carboxylic acid groups (broad SMARTS) is 1. The molecule has 2 aromatic carbocycles. The van der Waals surface area contributed by atoms with Crippen molar-refractivity contribution >= 4 is 34.6 Å². The van der Waals surface area contributed by atoms with Gasteiger partial charge < -0.3 is 5.11 Å². The van der Waals surface area contributed by atoms with Gasteiger partial charge in [0.15, 0.2) is 0 Å². The van der Waals surface area contributed by atoms with Crippen molar-refractivity contribution in [2.24, 2.45) is 4.99 Å². The number of carbonyl (C=O) groups is 2. The van der Waals surface area contributed by atoms with Crippen molar-refractivity contribution in [3.63, 3.8) is 0 Å². The van der Waals surface area contributed by atoms with E-state index in [0.717, 1.165) is 21.2 Å². The van der Waals surface area contributed by atoms with Crippen LogP contribution < -0.4 is 0 Å². The highest BCUT2D eigenvalue weighted by Gasteiger charge is 2.28. The first-order valence-electron chi connectivity index (χ1n) is 6.84. The number of carboxylic acids is 1. The largest absolute Gasteiger partial charge is 0.480 e. The van der Waals surface area contributed by atoms with Gasteiger partial charge in [-0.05, 0) is 35.4 Å². The van der Waals surface area contributed by atoms with Crippen LogP contribution in [0.5, 0.6) is 0 Å². The number of nitrogens with zero attached hydrogens (tertiary/aromatic N) is 2. The predicted octanol–water partition coefficient (Wildman–Crippen LogP) is 2.53. The highest BCUT2D eigenvalue weighted by Crippen LogP contribution is 2.21. The maximum atomic E-state index is 12.2. The highest BCUT2D eigenvalue weighted by molar-refractivity contribution is 6.14. The maximum absolute atomic E-state index is 12.2. The van der Waals surface area contributed by atoms with Crippen molar-refractivity contribution in [2.75, 3.05) is 6.54 Å². The number of rotatable bonds is 3. The molecule has 5 nitrogen and oxygen atoms in total. The van der Waals surface area contributed by atoms with Gasteiger partial charge in [0.1, 0.15) is 18.1 Å². The molecule has 110 valence electrons. The summed E-state index contributed by atoms with van der Waals surface area (Å²) in [6.45, 7) is 1.26. The van der Waals surface area contributed by atoms with Crippen LogP contribution in [0.1, 0.15) is 12.5 Å². The van der Waals surface area contributed by atoms with Gasteiger partial charge in [-0.15, -0.1) is 0 Å². The summed E-state index contributed by atoms with van der Waals surface area (Å²) < 4.78 is 0. The van der Waals surface area contributed by atoms with Crippen LogP contribution in [-0.2, 0) is 9.59 Å². The van der Waals surface area contributed by atoms with Gasteiger partial charge in [-0.2, -0.15) is 0 Å². The van der Waals surface area contributed by atoms with E-state index in [9.17, 15) is 9.59 Å². The number of amides is 1. The number of hydrogen-bond acceptors (Lipinski definition) is 3. The predicted molar refractivity (Wildman–Crippen MR) is 84.4 cm³/mol. The van der Waals surface area contributed by atoms with Crippen LogP contribution in [0.2, 0.25) is 0 Å². The first kappa shape index (κ1) is 14.0. The molecule has 0 fully saturated rings. The Morgan fingerprint density at radius 1 is 1.23 bits per heavy atom. The summed E-state index contributed by atoms with van der Waals surface area (Å²) >= 11 is 0. The third kappa shape index (κ3) is 2.61. The first-order valence-corrected chi connectivity index (χ1v) is 6.84. The topological polar surface area (TPSA) is 70.0 Å². The van der Waals surface area contributed by atoms with E-state index in [1.807, 2.05) is 42.5 Å². The summed E-state index contributed by atoms with van der Waals surface area (Å²) in [4.78, 5) is 28.3. The molecule has 3 rings (SSSR count). The Morgan fingerprint density at radius 3 is 2.68 bits per heavy atom. The van der Waals surface area contributed by atoms with Crippen molar-refractivity contribution in [2.45, 2.75) is 6.92 Å².